The molecule has 1 amide bonds. The van der Waals surface area contributed by atoms with Gasteiger partial charge in [-0.15, -0.1) is 0 Å². The molecule has 1 heterocycles. The Balaban J connectivity index is 2.19. The number of hydrogen-bond acceptors (Lipinski definition) is 3. The molecule has 4 nitrogen and oxygen atoms in total. The van der Waals surface area contributed by atoms with Crippen LogP contribution in [0.25, 0.3) is 0 Å². The van der Waals surface area contributed by atoms with Crippen molar-refractivity contribution in [2.45, 2.75) is 38.9 Å². The number of hydrogen-bond donors (Lipinski definition) is 1. The van der Waals surface area contributed by atoms with E-state index in [1.54, 1.807) is 13.8 Å². The Morgan fingerprint density at radius 2 is 2.12 bits per heavy atom. The highest BCUT2D eigenvalue weighted by atomic mass is 19.4. The maximum absolute atomic E-state index is 12.8. The quantitative estimate of drug-likeness (QED) is 0.919. The number of amides is 1. The average molecular weight is 339 g/mol. The Morgan fingerprint density at radius 3 is 2.71 bits per heavy atom. The number of carbonyl (C=O) groups excluding carboxylic acids is 1. The third-order valence-corrected chi connectivity index (χ3v) is 4.08. The van der Waals surface area contributed by atoms with Crippen LogP contribution in [0.3, 0.4) is 0 Å². The van der Waals surface area contributed by atoms with Crippen molar-refractivity contribution in [1.82, 2.24) is 5.32 Å². The van der Waals surface area contributed by atoms with E-state index in [0.717, 1.165) is 25.0 Å². The van der Waals surface area contributed by atoms with Crippen LogP contribution in [0.4, 0.5) is 18.9 Å². The van der Waals surface area contributed by atoms with Crippen LogP contribution in [0.5, 0.6) is 0 Å². The van der Waals surface area contributed by atoms with Crippen molar-refractivity contribution in [3.63, 3.8) is 0 Å². The van der Waals surface area contributed by atoms with Gasteiger partial charge in [-0.1, -0.05) is 13.8 Å². The van der Waals surface area contributed by atoms with Crippen LogP contribution in [0.1, 0.15) is 37.8 Å². The lowest BCUT2D eigenvalue weighted by Gasteiger charge is -2.35. The summed E-state index contributed by atoms with van der Waals surface area (Å²) in [5.41, 5.74) is -0.348. The number of nitriles is 1. The summed E-state index contributed by atoms with van der Waals surface area (Å²) < 4.78 is 38.4. The molecule has 0 spiro atoms. The van der Waals surface area contributed by atoms with Gasteiger partial charge >= 0.3 is 6.18 Å². The van der Waals surface area contributed by atoms with E-state index in [1.807, 2.05) is 11.0 Å². The molecule has 0 saturated carbocycles. The van der Waals surface area contributed by atoms with E-state index >= 15 is 0 Å². The van der Waals surface area contributed by atoms with Gasteiger partial charge in [-0.05, 0) is 31.0 Å². The molecule has 1 fully saturated rings. The van der Waals surface area contributed by atoms with Crippen molar-refractivity contribution < 1.29 is 18.0 Å². The molecule has 1 aromatic carbocycles. The van der Waals surface area contributed by atoms with Crippen molar-refractivity contribution in [1.29, 1.82) is 5.26 Å². The largest absolute Gasteiger partial charge is 0.416 e. The monoisotopic (exact) mass is 339 g/mol. The minimum atomic E-state index is -4.47. The first kappa shape index (κ1) is 18.1. The summed E-state index contributed by atoms with van der Waals surface area (Å²) in [5, 5.41) is 12.2. The second kappa shape index (κ2) is 7.12. The minimum Gasteiger partial charge on any atom is -0.368 e. The predicted octanol–water partition coefficient (Wildman–Crippen LogP) is 3.32. The first-order valence-electron chi connectivity index (χ1n) is 7.89. The van der Waals surface area contributed by atoms with Crippen LogP contribution >= 0.6 is 0 Å². The molecule has 1 aromatic rings. The lowest BCUT2D eigenvalue weighted by Crippen LogP contribution is -2.49. The molecule has 0 radical (unpaired) electrons. The number of piperidine rings is 1. The van der Waals surface area contributed by atoms with Crippen molar-refractivity contribution in [2.75, 3.05) is 18.0 Å². The van der Waals surface area contributed by atoms with Gasteiger partial charge in [0.25, 0.3) is 0 Å². The van der Waals surface area contributed by atoms with Gasteiger partial charge in [-0.2, -0.15) is 18.4 Å². The Morgan fingerprint density at radius 1 is 1.42 bits per heavy atom. The lowest BCUT2D eigenvalue weighted by atomic mass is 10.0. The summed E-state index contributed by atoms with van der Waals surface area (Å²) in [5.74, 6) is -0.170. The van der Waals surface area contributed by atoms with Crippen LogP contribution in [-0.2, 0) is 11.0 Å². The van der Waals surface area contributed by atoms with Gasteiger partial charge in [0.1, 0.15) is 6.07 Å². The van der Waals surface area contributed by atoms with E-state index in [2.05, 4.69) is 5.32 Å². The van der Waals surface area contributed by atoms with Gasteiger partial charge in [0.15, 0.2) is 0 Å². The van der Waals surface area contributed by atoms with E-state index < -0.39 is 11.7 Å². The molecule has 0 aromatic heterocycles. The first-order chi connectivity index (χ1) is 11.2. The summed E-state index contributed by atoms with van der Waals surface area (Å²) in [4.78, 5) is 13.7. The van der Waals surface area contributed by atoms with Gasteiger partial charge < -0.3 is 10.2 Å². The smallest absolute Gasteiger partial charge is 0.368 e. The fraction of sp³-hybridized carbons (Fsp3) is 0.529. The number of benzene rings is 1. The standard InChI is InChI=1S/C17H20F3N3O/c1-11(2)16(24)22-14-4-3-7-23(10-14)15-6-5-13(17(18,19)20)8-12(15)9-21/h5-6,8,11,14H,3-4,7,10H2,1-2H3,(H,22,24). The van der Waals surface area contributed by atoms with Crippen molar-refractivity contribution >= 4 is 11.6 Å². The molecule has 0 bridgehead atoms. The third kappa shape index (κ3) is 4.19. The summed E-state index contributed by atoms with van der Waals surface area (Å²) in [6, 6.07) is 5.00. The van der Waals surface area contributed by atoms with Crippen LogP contribution in [0.15, 0.2) is 18.2 Å². The molecule has 1 aliphatic rings. The number of nitrogens with zero attached hydrogens (tertiary/aromatic N) is 2. The fourth-order valence-corrected chi connectivity index (χ4v) is 2.76. The molecule has 1 atom stereocenters. The Labute approximate surface area is 139 Å². The van der Waals surface area contributed by atoms with Crippen molar-refractivity contribution in [3.05, 3.63) is 29.3 Å². The second-order valence-electron chi connectivity index (χ2n) is 6.29. The van der Waals surface area contributed by atoms with Crippen molar-refractivity contribution in [2.24, 2.45) is 5.92 Å². The van der Waals surface area contributed by atoms with E-state index in [0.29, 0.717) is 18.8 Å². The SMILES string of the molecule is CC(C)C(=O)NC1CCCN(c2ccc(C(F)(F)F)cc2C#N)C1. The molecular weight excluding hydrogens is 319 g/mol. The molecule has 24 heavy (non-hydrogen) atoms. The van der Waals surface area contributed by atoms with Gasteiger partial charge in [-0.25, -0.2) is 0 Å². The molecule has 0 aliphatic carbocycles. The van der Waals surface area contributed by atoms with E-state index in [1.165, 1.54) is 6.07 Å². The maximum Gasteiger partial charge on any atom is 0.416 e. The molecule has 1 aliphatic heterocycles. The fourth-order valence-electron chi connectivity index (χ4n) is 2.76. The third-order valence-electron chi connectivity index (χ3n) is 4.08. The average Bonchev–Trinajstić information content (AvgIpc) is 2.53. The van der Waals surface area contributed by atoms with E-state index in [4.69, 9.17) is 0 Å². The molecular formula is C17H20F3N3O. The summed E-state index contributed by atoms with van der Waals surface area (Å²) >= 11 is 0. The minimum absolute atomic E-state index is 0.000612. The van der Waals surface area contributed by atoms with Crippen LogP contribution in [-0.4, -0.2) is 25.0 Å². The van der Waals surface area contributed by atoms with Gasteiger partial charge in [-0.3, -0.25) is 4.79 Å². The van der Waals surface area contributed by atoms with Crippen LogP contribution in [0, 0.1) is 17.2 Å². The number of nitrogens with one attached hydrogen (secondary N) is 1. The Hall–Kier alpha value is -2.23. The van der Waals surface area contributed by atoms with Gasteiger partial charge in [0.05, 0.1) is 16.8 Å². The first-order valence-corrected chi connectivity index (χ1v) is 7.89. The molecule has 130 valence electrons. The Bertz CT molecular complexity index is 649. The van der Waals surface area contributed by atoms with Gasteiger partial charge in [0, 0.05) is 25.0 Å². The van der Waals surface area contributed by atoms with E-state index in [-0.39, 0.29) is 23.4 Å². The number of alkyl halides is 3. The maximum atomic E-state index is 12.8. The molecule has 2 rings (SSSR count). The Kier molecular flexibility index (Phi) is 5.37. The summed E-state index contributed by atoms with van der Waals surface area (Å²) in [7, 11) is 0. The summed E-state index contributed by atoms with van der Waals surface area (Å²) in [6.45, 7) is 4.74. The topological polar surface area (TPSA) is 56.1 Å². The highest BCUT2D eigenvalue weighted by Crippen LogP contribution is 2.33. The predicted molar refractivity (Wildman–Crippen MR) is 84.4 cm³/mol. The van der Waals surface area contributed by atoms with Gasteiger partial charge in [0.2, 0.25) is 5.91 Å². The molecule has 1 unspecified atom stereocenters. The zero-order chi connectivity index (χ0) is 17.9. The van der Waals surface area contributed by atoms with E-state index in [9.17, 15) is 23.2 Å². The second-order valence-corrected chi connectivity index (χ2v) is 6.29. The zero-order valence-electron chi connectivity index (χ0n) is 13.7. The molecule has 1 N–H and O–H groups in total. The van der Waals surface area contributed by atoms with Crippen LogP contribution in [0.2, 0.25) is 0 Å². The number of anilines is 1. The number of carbonyl (C=O) groups is 1. The highest BCUT2D eigenvalue weighted by molar-refractivity contribution is 5.78. The zero-order valence-corrected chi connectivity index (χ0v) is 13.7. The van der Waals surface area contributed by atoms with Crippen LogP contribution < -0.4 is 10.2 Å². The molecule has 7 heteroatoms. The highest BCUT2D eigenvalue weighted by Gasteiger charge is 2.32. The lowest BCUT2D eigenvalue weighted by molar-refractivity contribution is -0.137. The number of halogens is 3. The summed E-state index contributed by atoms with van der Waals surface area (Å²) in [6.07, 6.45) is -2.85. The van der Waals surface area contributed by atoms with Crippen molar-refractivity contribution in [3.8, 4) is 6.07 Å². The number of rotatable bonds is 3. The normalized spacial score (nSPS) is 18.4. The molecule has 1 saturated heterocycles.